The number of carboxylic acids is 1. The van der Waals surface area contributed by atoms with Crippen LogP contribution in [0.4, 0.5) is 0 Å². The maximum Gasteiger partial charge on any atom is 0.327 e. The van der Waals surface area contributed by atoms with Crippen LogP contribution in [0.3, 0.4) is 0 Å². The Balaban J connectivity index is 3.43. The lowest BCUT2D eigenvalue weighted by atomic mass is 10.2. The molecule has 0 aliphatic rings. The number of allylic oxidation sites excluding steroid dienone is 9. The number of unbranched alkanes of at least 4 members (excludes halogenated alkanes) is 5. The molecule has 0 unspecified atom stereocenters. The summed E-state index contributed by atoms with van der Waals surface area (Å²) in [5.41, 5.74) is 0. The van der Waals surface area contributed by atoms with Crippen molar-refractivity contribution in [1.82, 2.24) is 0 Å². The number of aliphatic carboxylic acids is 1. The van der Waals surface area contributed by atoms with E-state index in [1.165, 1.54) is 31.8 Å². The van der Waals surface area contributed by atoms with Crippen molar-refractivity contribution in [3.8, 4) is 0 Å². The monoisotopic (exact) mass is 330 g/mol. The average molecular weight is 331 g/mol. The van der Waals surface area contributed by atoms with Crippen LogP contribution >= 0.6 is 0 Å². The second kappa shape index (κ2) is 19.2. The molecule has 0 fully saturated rings. The largest absolute Gasteiger partial charge is 0.478 e. The van der Waals surface area contributed by atoms with Crippen LogP contribution in [0.25, 0.3) is 0 Å². The molecular weight excluding hydrogens is 296 g/mol. The number of hydrogen-bond acceptors (Lipinski definition) is 1. The molecule has 1 N–H and O–H groups in total. The van der Waals surface area contributed by atoms with Gasteiger partial charge in [0.15, 0.2) is 0 Å². The second-order valence-electron chi connectivity index (χ2n) is 5.76. The van der Waals surface area contributed by atoms with Crippen molar-refractivity contribution >= 4 is 5.97 Å². The highest BCUT2D eigenvalue weighted by molar-refractivity contribution is 5.79. The van der Waals surface area contributed by atoms with E-state index >= 15 is 0 Å². The van der Waals surface area contributed by atoms with Crippen LogP contribution in [0.1, 0.15) is 71.1 Å². The molecule has 0 aliphatic heterocycles. The summed E-state index contributed by atoms with van der Waals surface area (Å²) in [4.78, 5) is 10.3. The van der Waals surface area contributed by atoms with E-state index in [4.69, 9.17) is 5.11 Å². The van der Waals surface area contributed by atoms with Crippen molar-refractivity contribution in [2.24, 2.45) is 0 Å². The minimum absolute atomic E-state index is 0.824. The minimum atomic E-state index is -0.868. The SMILES string of the molecule is CCCCC/C=C/C/C=C/C/C=C/C/C=C/CCC/C=C/C(=O)O. The van der Waals surface area contributed by atoms with Crippen molar-refractivity contribution in [2.45, 2.75) is 71.1 Å². The Morgan fingerprint density at radius 1 is 0.667 bits per heavy atom. The Labute approximate surface area is 148 Å². The second-order valence-corrected chi connectivity index (χ2v) is 5.76. The van der Waals surface area contributed by atoms with Gasteiger partial charge in [0.25, 0.3) is 0 Å². The van der Waals surface area contributed by atoms with E-state index in [2.05, 4.69) is 55.5 Å². The van der Waals surface area contributed by atoms with Gasteiger partial charge in [-0.3, -0.25) is 0 Å². The number of rotatable bonds is 15. The van der Waals surface area contributed by atoms with Gasteiger partial charge in [-0.2, -0.15) is 0 Å². The number of carbonyl (C=O) groups is 1. The molecule has 2 heteroatoms. The molecule has 0 spiro atoms. The quantitative estimate of drug-likeness (QED) is 0.204. The summed E-state index contributed by atoms with van der Waals surface area (Å²) in [6.45, 7) is 2.23. The van der Waals surface area contributed by atoms with Gasteiger partial charge in [-0.25, -0.2) is 4.79 Å². The molecular formula is C22H34O2. The number of carboxylic acid groups (broad SMARTS) is 1. The van der Waals surface area contributed by atoms with E-state index in [9.17, 15) is 4.79 Å². The third-order valence-corrected chi connectivity index (χ3v) is 3.46. The third kappa shape index (κ3) is 20.2. The highest BCUT2D eigenvalue weighted by Crippen LogP contribution is 2.01. The van der Waals surface area contributed by atoms with Crippen LogP contribution in [0.5, 0.6) is 0 Å². The van der Waals surface area contributed by atoms with E-state index in [1.54, 1.807) is 6.08 Å². The maximum absolute atomic E-state index is 10.3. The highest BCUT2D eigenvalue weighted by Gasteiger charge is 1.85. The Bertz CT molecular complexity index is 425. The molecule has 0 aromatic rings. The highest BCUT2D eigenvalue weighted by atomic mass is 16.4. The van der Waals surface area contributed by atoms with Gasteiger partial charge >= 0.3 is 5.97 Å². The van der Waals surface area contributed by atoms with Crippen LogP contribution in [-0.2, 0) is 4.79 Å². The van der Waals surface area contributed by atoms with Crippen LogP contribution < -0.4 is 0 Å². The summed E-state index contributed by atoms with van der Waals surface area (Å²) < 4.78 is 0. The predicted molar refractivity (Wildman–Crippen MR) is 105 cm³/mol. The Hall–Kier alpha value is -1.83. The molecule has 0 aromatic carbocycles. The van der Waals surface area contributed by atoms with Crippen molar-refractivity contribution in [3.05, 3.63) is 60.8 Å². The molecule has 134 valence electrons. The van der Waals surface area contributed by atoms with E-state index in [0.29, 0.717) is 0 Å². The van der Waals surface area contributed by atoms with Gasteiger partial charge in [-0.05, 0) is 51.4 Å². The van der Waals surface area contributed by atoms with Crippen LogP contribution in [0.15, 0.2) is 60.8 Å². The summed E-state index contributed by atoms with van der Waals surface area (Å²) in [6, 6.07) is 0. The molecule has 0 aromatic heterocycles. The van der Waals surface area contributed by atoms with Crippen molar-refractivity contribution in [1.29, 1.82) is 0 Å². The average Bonchev–Trinajstić information content (AvgIpc) is 2.56. The molecule has 0 saturated heterocycles. The summed E-state index contributed by atoms with van der Waals surface area (Å²) in [7, 11) is 0. The molecule has 0 saturated carbocycles. The molecule has 0 heterocycles. The molecule has 0 amide bonds. The molecule has 0 atom stereocenters. The molecule has 24 heavy (non-hydrogen) atoms. The third-order valence-electron chi connectivity index (χ3n) is 3.46. The first-order chi connectivity index (χ1) is 11.8. The zero-order chi connectivity index (χ0) is 17.7. The van der Waals surface area contributed by atoms with Gasteiger partial charge < -0.3 is 5.11 Å². The zero-order valence-electron chi connectivity index (χ0n) is 15.2. The van der Waals surface area contributed by atoms with Crippen molar-refractivity contribution in [2.75, 3.05) is 0 Å². The fourth-order valence-corrected chi connectivity index (χ4v) is 2.10. The molecule has 0 bridgehead atoms. The topological polar surface area (TPSA) is 37.3 Å². The Morgan fingerprint density at radius 2 is 1.12 bits per heavy atom. The fraction of sp³-hybridized carbons (Fsp3) is 0.500. The smallest absolute Gasteiger partial charge is 0.327 e. The lowest BCUT2D eigenvalue weighted by Crippen LogP contribution is -1.85. The molecule has 2 nitrogen and oxygen atoms in total. The molecule has 0 radical (unpaired) electrons. The summed E-state index contributed by atoms with van der Waals surface area (Å²) in [6.07, 6.45) is 31.6. The fourth-order valence-electron chi connectivity index (χ4n) is 2.10. The molecule has 0 rings (SSSR count). The van der Waals surface area contributed by atoms with Crippen molar-refractivity contribution < 1.29 is 9.90 Å². The van der Waals surface area contributed by atoms with Gasteiger partial charge in [-0.15, -0.1) is 0 Å². The predicted octanol–water partition coefficient (Wildman–Crippen LogP) is 6.77. The summed E-state index contributed by atoms with van der Waals surface area (Å²) in [5.74, 6) is -0.868. The summed E-state index contributed by atoms with van der Waals surface area (Å²) >= 11 is 0. The van der Waals surface area contributed by atoms with Crippen LogP contribution in [0.2, 0.25) is 0 Å². The molecule has 0 aliphatic carbocycles. The van der Waals surface area contributed by atoms with Gasteiger partial charge in [0.05, 0.1) is 0 Å². The van der Waals surface area contributed by atoms with Crippen LogP contribution in [0, 0.1) is 0 Å². The van der Waals surface area contributed by atoms with E-state index < -0.39 is 5.97 Å². The first-order valence-electron chi connectivity index (χ1n) is 9.26. The van der Waals surface area contributed by atoms with E-state index in [0.717, 1.165) is 38.5 Å². The first kappa shape index (κ1) is 22.2. The van der Waals surface area contributed by atoms with Crippen LogP contribution in [-0.4, -0.2) is 11.1 Å². The van der Waals surface area contributed by atoms with E-state index in [1.807, 2.05) is 0 Å². The lowest BCUT2D eigenvalue weighted by Gasteiger charge is -1.90. The summed E-state index contributed by atoms with van der Waals surface area (Å²) in [5, 5.41) is 8.44. The van der Waals surface area contributed by atoms with Gasteiger partial charge in [0.1, 0.15) is 0 Å². The zero-order valence-corrected chi connectivity index (χ0v) is 15.2. The van der Waals surface area contributed by atoms with Gasteiger partial charge in [0.2, 0.25) is 0 Å². The van der Waals surface area contributed by atoms with Gasteiger partial charge in [-0.1, -0.05) is 74.4 Å². The Kier molecular flexibility index (Phi) is 17.8. The minimum Gasteiger partial charge on any atom is -0.478 e. The number of hydrogen-bond donors (Lipinski definition) is 1. The Morgan fingerprint density at radius 3 is 1.62 bits per heavy atom. The van der Waals surface area contributed by atoms with Crippen molar-refractivity contribution in [3.63, 3.8) is 0 Å². The maximum atomic E-state index is 10.3. The first-order valence-corrected chi connectivity index (χ1v) is 9.26. The van der Waals surface area contributed by atoms with E-state index in [-0.39, 0.29) is 0 Å². The lowest BCUT2D eigenvalue weighted by molar-refractivity contribution is -0.131. The standard InChI is InChI=1S/C22H34O2/c1-2-3-4-5-6-7-8-9-10-11-12-13-14-15-16-17-18-19-20-21-22(23)24/h6-7,9-10,12-13,15-16,20-21H,2-5,8,11,14,17-19H2,1H3,(H,23,24)/b7-6+,10-9+,13-12+,16-15+,21-20+. The normalized spacial score (nSPS) is 12.7. The van der Waals surface area contributed by atoms with Gasteiger partial charge in [0, 0.05) is 6.08 Å².